The highest BCUT2D eigenvalue weighted by atomic mass is 16.8. The summed E-state index contributed by atoms with van der Waals surface area (Å²) in [6.07, 6.45) is 1.67. The maximum atomic E-state index is 5.78. The molecule has 3 heterocycles. The van der Waals surface area contributed by atoms with Crippen LogP contribution in [0.1, 0.15) is 26.7 Å². The minimum Gasteiger partial charge on any atom is -0.373 e. The fraction of sp³-hybridized carbons (Fsp3) is 1.00. The van der Waals surface area contributed by atoms with Crippen LogP contribution in [-0.4, -0.2) is 64.4 Å². The Morgan fingerprint density at radius 1 is 0.636 bits per heavy atom. The van der Waals surface area contributed by atoms with Crippen LogP contribution in [-0.2, 0) is 28.4 Å². The van der Waals surface area contributed by atoms with Crippen molar-refractivity contribution in [1.82, 2.24) is 0 Å². The monoisotopic (exact) mass is 316 g/mol. The van der Waals surface area contributed by atoms with Crippen molar-refractivity contribution in [2.45, 2.75) is 51.5 Å². The van der Waals surface area contributed by atoms with Crippen molar-refractivity contribution in [3.05, 3.63) is 0 Å². The second kappa shape index (κ2) is 8.04. The van der Waals surface area contributed by atoms with E-state index in [9.17, 15) is 0 Å². The van der Waals surface area contributed by atoms with Gasteiger partial charge in [-0.1, -0.05) is 6.92 Å². The zero-order valence-electron chi connectivity index (χ0n) is 13.6. The van der Waals surface area contributed by atoms with Crippen LogP contribution in [0.4, 0.5) is 0 Å². The van der Waals surface area contributed by atoms with Crippen LogP contribution in [0.5, 0.6) is 0 Å². The van der Waals surface area contributed by atoms with Gasteiger partial charge in [0.1, 0.15) is 0 Å². The highest BCUT2D eigenvalue weighted by Gasteiger charge is 2.33. The highest BCUT2D eigenvalue weighted by molar-refractivity contribution is 4.71. The predicted molar refractivity (Wildman–Crippen MR) is 78.4 cm³/mol. The normalized spacial score (nSPS) is 43.9. The van der Waals surface area contributed by atoms with Gasteiger partial charge in [-0.05, 0) is 19.8 Å². The fourth-order valence-electron chi connectivity index (χ4n) is 2.88. The third-order valence-electron chi connectivity index (χ3n) is 4.33. The zero-order chi connectivity index (χ0) is 15.4. The Hall–Kier alpha value is -0.240. The average Bonchev–Trinajstić information content (AvgIpc) is 2.56. The second-order valence-corrected chi connectivity index (χ2v) is 6.72. The predicted octanol–water partition coefficient (Wildman–Crippen LogP) is 1.57. The minimum atomic E-state index is -0.390. The zero-order valence-corrected chi connectivity index (χ0v) is 13.6. The van der Waals surface area contributed by atoms with Gasteiger partial charge in [0.25, 0.3) is 0 Å². The molecule has 0 aromatic carbocycles. The van der Waals surface area contributed by atoms with E-state index in [4.69, 9.17) is 28.4 Å². The van der Waals surface area contributed by atoms with Crippen LogP contribution in [0.15, 0.2) is 0 Å². The molecule has 0 amide bonds. The lowest BCUT2D eigenvalue weighted by molar-refractivity contribution is -0.330. The summed E-state index contributed by atoms with van der Waals surface area (Å²) < 4.78 is 34.2. The van der Waals surface area contributed by atoms with Crippen molar-refractivity contribution in [2.75, 3.05) is 39.6 Å². The Bertz CT molecular complexity index is 315. The van der Waals surface area contributed by atoms with Crippen molar-refractivity contribution in [3.63, 3.8) is 0 Å². The standard InChI is InChI=1S/C16H28O6/c1-11-5-19-15(20-6-11)16-21-8-13(9-22-16)3-4-14-10-17-12(2)7-18-14/h11-16H,3-10H2,1-2H3. The van der Waals surface area contributed by atoms with Crippen molar-refractivity contribution in [2.24, 2.45) is 11.8 Å². The van der Waals surface area contributed by atoms with Gasteiger partial charge in [0, 0.05) is 11.8 Å². The molecule has 0 aliphatic carbocycles. The molecule has 0 aromatic rings. The van der Waals surface area contributed by atoms with Crippen LogP contribution in [0.3, 0.4) is 0 Å². The molecule has 3 saturated heterocycles. The molecule has 3 rings (SSSR count). The van der Waals surface area contributed by atoms with Gasteiger partial charge in [0.15, 0.2) is 0 Å². The van der Waals surface area contributed by atoms with Crippen LogP contribution < -0.4 is 0 Å². The SMILES string of the molecule is CC1COC(C2OCC(CCC3COC(C)CO3)CO2)OC1. The van der Waals surface area contributed by atoms with E-state index in [2.05, 4.69) is 6.92 Å². The van der Waals surface area contributed by atoms with Gasteiger partial charge in [-0.15, -0.1) is 0 Å². The fourth-order valence-corrected chi connectivity index (χ4v) is 2.88. The average molecular weight is 316 g/mol. The van der Waals surface area contributed by atoms with E-state index < -0.39 is 0 Å². The second-order valence-electron chi connectivity index (χ2n) is 6.72. The molecule has 22 heavy (non-hydrogen) atoms. The van der Waals surface area contributed by atoms with Gasteiger partial charge in [0.2, 0.25) is 12.6 Å². The third kappa shape index (κ3) is 4.63. The molecule has 0 radical (unpaired) electrons. The van der Waals surface area contributed by atoms with E-state index in [1.54, 1.807) is 0 Å². The third-order valence-corrected chi connectivity index (χ3v) is 4.33. The molecule has 3 aliphatic rings. The van der Waals surface area contributed by atoms with E-state index in [-0.39, 0.29) is 24.8 Å². The van der Waals surface area contributed by atoms with Crippen LogP contribution in [0.2, 0.25) is 0 Å². The summed E-state index contributed by atoms with van der Waals surface area (Å²) in [5, 5.41) is 0. The Morgan fingerprint density at radius 3 is 1.86 bits per heavy atom. The molecule has 3 aliphatic heterocycles. The van der Waals surface area contributed by atoms with Crippen LogP contribution in [0.25, 0.3) is 0 Å². The Labute approximate surface area is 132 Å². The number of rotatable bonds is 4. The first kappa shape index (κ1) is 16.6. The highest BCUT2D eigenvalue weighted by Crippen LogP contribution is 2.24. The maximum Gasteiger partial charge on any atom is 0.209 e. The minimum absolute atomic E-state index is 0.209. The summed E-state index contributed by atoms with van der Waals surface area (Å²) in [4.78, 5) is 0. The lowest BCUT2D eigenvalue weighted by Crippen LogP contribution is -2.46. The molecule has 6 nitrogen and oxygen atoms in total. The van der Waals surface area contributed by atoms with Crippen LogP contribution in [0, 0.1) is 11.8 Å². The van der Waals surface area contributed by atoms with Gasteiger partial charge in [-0.25, -0.2) is 0 Å². The molecule has 6 heteroatoms. The summed E-state index contributed by atoms with van der Waals surface area (Å²) in [7, 11) is 0. The summed E-state index contributed by atoms with van der Waals surface area (Å²) >= 11 is 0. The molecule has 0 spiro atoms. The molecule has 0 aromatic heterocycles. The first-order chi connectivity index (χ1) is 10.7. The smallest absolute Gasteiger partial charge is 0.209 e. The largest absolute Gasteiger partial charge is 0.373 e. The first-order valence-electron chi connectivity index (χ1n) is 8.40. The molecule has 0 saturated carbocycles. The topological polar surface area (TPSA) is 55.4 Å². The molecular weight excluding hydrogens is 288 g/mol. The molecule has 2 atom stereocenters. The van der Waals surface area contributed by atoms with E-state index >= 15 is 0 Å². The molecule has 0 N–H and O–H groups in total. The summed E-state index contributed by atoms with van der Waals surface area (Å²) in [5.74, 6) is 0.842. The molecule has 0 bridgehead atoms. The first-order valence-corrected chi connectivity index (χ1v) is 8.40. The lowest BCUT2D eigenvalue weighted by Gasteiger charge is -2.37. The van der Waals surface area contributed by atoms with E-state index in [1.165, 1.54) is 0 Å². The summed E-state index contributed by atoms with van der Waals surface area (Å²) in [5.41, 5.74) is 0. The van der Waals surface area contributed by atoms with Crippen molar-refractivity contribution in [3.8, 4) is 0 Å². The number of hydrogen-bond acceptors (Lipinski definition) is 6. The van der Waals surface area contributed by atoms with Crippen LogP contribution >= 0.6 is 0 Å². The van der Waals surface area contributed by atoms with Crippen molar-refractivity contribution >= 4 is 0 Å². The van der Waals surface area contributed by atoms with Gasteiger partial charge >= 0.3 is 0 Å². The van der Waals surface area contributed by atoms with Gasteiger partial charge < -0.3 is 28.4 Å². The maximum absolute atomic E-state index is 5.78. The summed E-state index contributed by atoms with van der Waals surface area (Å²) in [6, 6.07) is 0. The summed E-state index contributed by atoms with van der Waals surface area (Å²) in [6.45, 7) is 8.31. The van der Waals surface area contributed by atoms with Gasteiger partial charge in [-0.3, -0.25) is 0 Å². The Balaban J connectivity index is 1.32. The van der Waals surface area contributed by atoms with Gasteiger partial charge in [0.05, 0.1) is 51.8 Å². The lowest BCUT2D eigenvalue weighted by atomic mass is 10.0. The molecule has 2 unspecified atom stereocenters. The van der Waals surface area contributed by atoms with Crippen molar-refractivity contribution in [1.29, 1.82) is 0 Å². The van der Waals surface area contributed by atoms with Crippen molar-refractivity contribution < 1.29 is 28.4 Å². The quantitative estimate of drug-likeness (QED) is 0.785. The van der Waals surface area contributed by atoms with E-state index in [1.807, 2.05) is 6.92 Å². The van der Waals surface area contributed by atoms with E-state index in [0.29, 0.717) is 51.5 Å². The Morgan fingerprint density at radius 2 is 1.27 bits per heavy atom. The van der Waals surface area contributed by atoms with E-state index in [0.717, 1.165) is 12.8 Å². The number of ether oxygens (including phenoxy) is 6. The van der Waals surface area contributed by atoms with Gasteiger partial charge in [-0.2, -0.15) is 0 Å². The Kier molecular flexibility index (Phi) is 6.07. The molecular formula is C16H28O6. The molecule has 128 valence electrons. The number of hydrogen-bond donors (Lipinski definition) is 0. The molecule has 3 fully saturated rings.